The summed E-state index contributed by atoms with van der Waals surface area (Å²) in [6.45, 7) is 0.607. The molecule has 1 aromatic heterocycles. The van der Waals surface area contributed by atoms with Gasteiger partial charge in [-0.15, -0.1) is 5.10 Å². The summed E-state index contributed by atoms with van der Waals surface area (Å²) in [5, 5.41) is 27.0. The van der Waals surface area contributed by atoms with Crippen LogP contribution in [-0.4, -0.2) is 75.1 Å². The van der Waals surface area contributed by atoms with Gasteiger partial charge in [-0.1, -0.05) is 127 Å². The van der Waals surface area contributed by atoms with Gasteiger partial charge in [-0.25, -0.2) is 9.48 Å². The molecule has 0 radical (unpaired) electrons. The lowest BCUT2D eigenvalue weighted by molar-refractivity contribution is -0.331. The summed E-state index contributed by atoms with van der Waals surface area (Å²) in [4.78, 5) is 11.6. The average Bonchev–Trinajstić information content (AvgIpc) is 3.65. The summed E-state index contributed by atoms with van der Waals surface area (Å²) in [6.07, 6.45) is -2.30. The summed E-state index contributed by atoms with van der Waals surface area (Å²) in [6, 6.07) is 38.1. The standard InChI is InChI=1S/C40H43N3O9/c44-22-34(39(45)46)43-21-33(41-42-43)27-51-40-38(50-26-32-19-11-4-12-20-32)37(49-25-31-17-9-3-10-18-31)36(48-24-30-15-7-2-8-16-30)35(52-40)28-47-23-29-13-5-1-6-14-29/h1-21,34-38,40,44H,22-28H2,(H,45,46)/t34-,35+,36-,37-,38+,40+/m0/s1. The number of benzene rings is 4. The monoisotopic (exact) mass is 709 g/mol. The minimum absolute atomic E-state index is 0.0911. The highest BCUT2D eigenvalue weighted by Crippen LogP contribution is 2.32. The van der Waals surface area contributed by atoms with Crippen LogP contribution in [0.5, 0.6) is 0 Å². The number of nitrogens with zero attached hydrogens (tertiary/aromatic N) is 3. The van der Waals surface area contributed by atoms with Crippen molar-refractivity contribution >= 4 is 5.97 Å². The molecule has 12 nitrogen and oxygen atoms in total. The zero-order valence-corrected chi connectivity index (χ0v) is 28.6. The average molecular weight is 710 g/mol. The first-order valence-corrected chi connectivity index (χ1v) is 17.2. The molecule has 0 bridgehead atoms. The molecule has 5 aromatic rings. The quantitative estimate of drug-likeness (QED) is 0.118. The van der Waals surface area contributed by atoms with Crippen molar-refractivity contribution < 1.29 is 43.4 Å². The van der Waals surface area contributed by atoms with Gasteiger partial charge in [-0.3, -0.25) is 0 Å². The molecule has 0 unspecified atom stereocenters. The molecular weight excluding hydrogens is 666 g/mol. The predicted octanol–water partition coefficient (Wildman–Crippen LogP) is 5.11. The Balaban J connectivity index is 1.30. The van der Waals surface area contributed by atoms with E-state index in [0.717, 1.165) is 26.9 Å². The normalized spacial score (nSPS) is 20.8. The number of hydrogen-bond acceptors (Lipinski definition) is 10. The van der Waals surface area contributed by atoms with Crippen LogP contribution in [0, 0.1) is 0 Å². The SMILES string of the molecule is O=C(O)[C@H](CO)n1cc(CO[C@@H]2O[C@H](COCc3ccccc3)[C@H](OCc3ccccc3)[C@H](OCc3ccccc3)[C@H]2OCc2ccccc2)nn1. The summed E-state index contributed by atoms with van der Waals surface area (Å²) in [5.74, 6) is -1.23. The minimum atomic E-state index is -1.28. The number of aromatic nitrogens is 3. The van der Waals surface area contributed by atoms with E-state index >= 15 is 0 Å². The molecule has 52 heavy (non-hydrogen) atoms. The molecule has 6 atom stereocenters. The number of carboxylic acid groups (broad SMARTS) is 1. The maximum Gasteiger partial charge on any atom is 0.330 e. The van der Waals surface area contributed by atoms with Gasteiger partial charge in [-0.05, 0) is 22.3 Å². The third kappa shape index (κ3) is 10.4. The van der Waals surface area contributed by atoms with E-state index in [1.807, 2.05) is 121 Å². The molecule has 12 heteroatoms. The number of rotatable bonds is 19. The van der Waals surface area contributed by atoms with Crippen molar-refractivity contribution in [1.29, 1.82) is 0 Å². The Morgan fingerprint density at radius 2 is 1.13 bits per heavy atom. The van der Waals surface area contributed by atoms with Gasteiger partial charge in [0.1, 0.15) is 30.1 Å². The molecule has 1 saturated heterocycles. The molecular formula is C40H43N3O9. The Kier molecular flexibility index (Phi) is 13.6. The molecule has 0 amide bonds. The molecule has 0 saturated carbocycles. The molecule has 1 fully saturated rings. The van der Waals surface area contributed by atoms with E-state index < -0.39 is 49.3 Å². The number of carboxylic acids is 1. The molecule has 0 aliphatic carbocycles. The maximum atomic E-state index is 11.6. The van der Waals surface area contributed by atoms with Gasteiger partial charge in [0, 0.05) is 0 Å². The lowest BCUT2D eigenvalue weighted by atomic mass is 9.97. The van der Waals surface area contributed by atoms with Gasteiger partial charge in [0.05, 0.1) is 52.4 Å². The lowest BCUT2D eigenvalue weighted by Crippen LogP contribution is -2.61. The van der Waals surface area contributed by atoms with Crippen molar-refractivity contribution in [1.82, 2.24) is 15.0 Å². The van der Waals surface area contributed by atoms with E-state index in [2.05, 4.69) is 10.3 Å². The van der Waals surface area contributed by atoms with Crippen molar-refractivity contribution in [3.63, 3.8) is 0 Å². The molecule has 272 valence electrons. The summed E-state index contributed by atoms with van der Waals surface area (Å²) >= 11 is 0. The van der Waals surface area contributed by atoms with Gasteiger partial charge in [-0.2, -0.15) is 0 Å². The fourth-order valence-corrected chi connectivity index (χ4v) is 5.86. The van der Waals surface area contributed by atoms with Gasteiger partial charge >= 0.3 is 5.97 Å². The molecule has 6 rings (SSSR count). The third-order valence-corrected chi connectivity index (χ3v) is 8.57. The van der Waals surface area contributed by atoms with E-state index in [0.29, 0.717) is 18.9 Å². The van der Waals surface area contributed by atoms with E-state index in [-0.39, 0.29) is 26.4 Å². The zero-order valence-electron chi connectivity index (χ0n) is 28.6. The number of aliphatic carboxylic acids is 1. The second-order valence-corrected chi connectivity index (χ2v) is 12.4. The third-order valence-electron chi connectivity index (χ3n) is 8.57. The first-order chi connectivity index (χ1) is 25.6. The molecule has 1 aliphatic rings. The Morgan fingerprint density at radius 1 is 0.654 bits per heavy atom. The lowest BCUT2D eigenvalue weighted by Gasteiger charge is -2.45. The maximum absolute atomic E-state index is 11.6. The number of carbonyl (C=O) groups is 1. The number of aliphatic hydroxyl groups is 1. The van der Waals surface area contributed by atoms with Crippen LogP contribution < -0.4 is 0 Å². The van der Waals surface area contributed by atoms with E-state index in [9.17, 15) is 15.0 Å². The van der Waals surface area contributed by atoms with Crippen LogP contribution in [0.2, 0.25) is 0 Å². The van der Waals surface area contributed by atoms with Crippen molar-refractivity contribution in [3.05, 3.63) is 155 Å². The van der Waals surface area contributed by atoms with Crippen molar-refractivity contribution in [2.75, 3.05) is 13.2 Å². The van der Waals surface area contributed by atoms with Crippen LogP contribution in [0.15, 0.2) is 128 Å². The van der Waals surface area contributed by atoms with E-state index in [1.54, 1.807) is 0 Å². The van der Waals surface area contributed by atoms with Crippen molar-refractivity contribution in [3.8, 4) is 0 Å². The van der Waals surface area contributed by atoms with Crippen LogP contribution in [0.25, 0.3) is 0 Å². The van der Waals surface area contributed by atoms with Gasteiger partial charge < -0.3 is 38.6 Å². The Labute approximate surface area is 302 Å². The first-order valence-electron chi connectivity index (χ1n) is 17.2. The second kappa shape index (κ2) is 19.2. The molecule has 2 heterocycles. The highest BCUT2D eigenvalue weighted by atomic mass is 16.7. The van der Waals surface area contributed by atoms with Gasteiger partial charge in [0.2, 0.25) is 0 Å². The molecule has 0 spiro atoms. The van der Waals surface area contributed by atoms with Gasteiger partial charge in [0.25, 0.3) is 0 Å². The summed E-state index contributed by atoms with van der Waals surface area (Å²) in [7, 11) is 0. The number of aliphatic hydroxyl groups excluding tert-OH is 1. The second-order valence-electron chi connectivity index (χ2n) is 12.4. The minimum Gasteiger partial charge on any atom is -0.480 e. The predicted molar refractivity (Wildman–Crippen MR) is 188 cm³/mol. The van der Waals surface area contributed by atoms with Gasteiger partial charge in [0.15, 0.2) is 12.3 Å². The fourth-order valence-electron chi connectivity index (χ4n) is 5.86. The van der Waals surface area contributed by atoms with Crippen molar-refractivity contribution in [2.24, 2.45) is 0 Å². The zero-order chi connectivity index (χ0) is 36.0. The van der Waals surface area contributed by atoms with Crippen molar-refractivity contribution in [2.45, 2.75) is 69.8 Å². The highest BCUT2D eigenvalue weighted by Gasteiger charge is 2.49. The van der Waals surface area contributed by atoms with Crippen LogP contribution >= 0.6 is 0 Å². The fraction of sp³-hybridized carbons (Fsp3) is 0.325. The topological polar surface area (TPSA) is 144 Å². The molecule has 1 aliphatic heterocycles. The Bertz CT molecular complexity index is 1760. The van der Waals surface area contributed by atoms with Crippen LogP contribution in [-0.2, 0) is 66.3 Å². The number of hydrogen-bond donors (Lipinski definition) is 2. The Hall–Kier alpha value is -4.79. The summed E-state index contributed by atoms with van der Waals surface area (Å²) in [5.41, 5.74) is 4.26. The molecule has 2 N–H and O–H groups in total. The van der Waals surface area contributed by atoms with E-state index in [4.69, 9.17) is 28.4 Å². The summed E-state index contributed by atoms with van der Waals surface area (Å²) < 4.78 is 40.4. The smallest absolute Gasteiger partial charge is 0.330 e. The highest BCUT2D eigenvalue weighted by molar-refractivity contribution is 5.71. The van der Waals surface area contributed by atoms with Crippen LogP contribution in [0.1, 0.15) is 34.0 Å². The van der Waals surface area contributed by atoms with Crippen LogP contribution in [0.4, 0.5) is 0 Å². The van der Waals surface area contributed by atoms with Crippen LogP contribution in [0.3, 0.4) is 0 Å². The number of ether oxygens (including phenoxy) is 6. The Morgan fingerprint density at radius 3 is 1.63 bits per heavy atom. The van der Waals surface area contributed by atoms with E-state index in [1.165, 1.54) is 6.20 Å². The first kappa shape index (κ1) is 37.0. The largest absolute Gasteiger partial charge is 0.480 e. The molecule has 4 aromatic carbocycles.